The molecule has 1 rings (SSSR count). The van der Waals surface area contributed by atoms with Gasteiger partial charge in [-0.15, -0.1) is 0 Å². The molecule has 0 unspecified atom stereocenters. The van der Waals surface area contributed by atoms with Crippen molar-refractivity contribution in [2.45, 2.75) is 6.29 Å². The van der Waals surface area contributed by atoms with Crippen LogP contribution in [0.1, 0.15) is 0 Å². The molecule has 1 aromatic carbocycles. The zero-order chi connectivity index (χ0) is 11.1. The van der Waals surface area contributed by atoms with E-state index in [4.69, 9.17) is 13.9 Å². The van der Waals surface area contributed by atoms with Gasteiger partial charge in [0.05, 0.1) is 0 Å². The van der Waals surface area contributed by atoms with E-state index in [2.05, 4.69) is 0 Å². The lowest BCUT2D eigenvalue weighted by Gasteiger charge is -2.12. The molecule has 4 nitrogen and oxygen atoms in total. The summed E-state index contributed by atoms with van der Waals surface area (Å²) in [5.74, 6) is -0.462. The molecule has 0 spiro atoms. The third kappa shape index (κ3) is 3.82. The predicted octanol–water partition coefficient (Wildman–Crippen LogP) is -0.442. The van der Waals surface area contributed by atoms with Gasteiger partial charge in [0.2, 0.25) is 0 Å². The van der Waals surface area contributed by atoms with Crippen molar-refractivity contribution >= 4 is 20.9 Å². The zero-order valence-corrected chi connectivity index (χ0v) is 10.2. The van der Waals surface area contributed by atoms with Gasteiger partial charge in [-0.3, -0.25) is 0 Å². The van der Waals surface area contributed by atoms with Crippen molar-refractivity contribution in [2.24, 2.45) is 0 Å². The van der Waals surface area contributed by atoms with Gasteiger partial charge in [-0.1, -0.05) is 30.3 Å². The standard InChI is InChI=1S/C10H14O4Si/c1-12-10(13-2)9(11)14-15-8-6-4-3-5-7-8/h3-7,10H,15H2,1-2H3. The summed E-state index contributed by atoms with van der Waals surface area (Å²) in [4.78, 5) is 11.3. The van der Waals surface area contributed by atoms with Gasteiger partial charge in [0.15, 0.2) is 0 Å². The summed E-state index contributed by atoms with van der Waals surface area (Å²) in [6.45, 7) is 0. The van der Waals surface area contributed by atoms with E-state index in [0.717, 1.165) is 5.19 Å². The highest BCUT2D eigenvalue weighted by atomic mass is 28.2. The molecule has 0 saturated heterocycles. The smallest absolute Gasteiger partial charge is 0.350 e. The summed E-state index contributed by atoms with van der Waals surface area (Å²) in [6, 6.07) is 9.63. The number of hydrogen-bond acceptors (Lipinski definition) is 4. The van der Waals surface area contributed by atoms with Crippen molar-refractivity contribution in [2.75, 3.05) is 14.2 Å². The number of benzene rings is 1. The fraction of sp³-hybridized carbons (Fsp3) is 0.300. The number of carbonyl (C=O) groups excluding carboxylic acids is 1. The van der Waals surface area contributed by atoms with E-state index in [-0.39, 0.29) is 0 Å². The maximum Gasteiger partial charge on any atom is 0.350 e. The second-order valence-corrected chi connectivity index (χ2v) is 4.29. The topological polar surface area (TPSA) is 44.8 Å². The van der Waals surface area contributed by atoms with Crippen LogP contribution < -0.4 is 5.19 Å². The Hall–Kier alpha value is -1.17. The molecule has 0 aliphatic heterocycles. The largest absolute Gasteiger partial charge is 0.517 e. The Kier molecular flexibility index (Phi) is 5.03. The number of rotatable bonds is 5. The molecule has 0 fully saturated rings. The average Bonchev–Trinajstić information content (AvgIpc) is 2.29. The Morgan fingerprint density at radius 3 is 2.33 bits per heavy atom. The maximum atomic E-state index is 11.3. The lowest BCUT2D eigenvalue weighted by molar-refractivity contribution is -0.173. The average molecular weight is 226 g/mol. The van der Waals surface area contributed by atoms with E-state index in [1.54, 1.807) is 0 Å². The van der Waals surface area contributed by atoms with Crippen molar-refractivity contribution in [1.29, 1.82) is 0 Å². The first-order chi connectivity index (χ1) is 7.27. The van der Waals surface area contributed by atoms with Crippen LogP contribution in [0.4, 0.5) is 0 Å². The summed E-state index contributed by atoms with van der Waals surface area (Å²) in [5, 5.41) is 1.07. The minimum atomic E-state index is -1.03. The van der Waals surface area contributed by atoms with Crippen LogP contribution in [0, 0.1) is 0 Å². The molecule has 82 valence electrons. The summed E-state index contributed by atoms with van der Waals surface area (Å²) in [7, 11) is 1.77. The van der Waals surface area contributed by atoms with Crippen LogP contribution in [-0.4, -0.2) is 36.2 Å². The van der Waals surface area contributed by atoms with E-state index >= 15 is 0 Å². The van der Waals surface area contributed by atoms with Gasteiger partial charge in [0, 0.05) is 14.2 Å². The predicted molar refractivity (Wildman–Crippen MR) is 58.5 cm³/mol. The monoisotopic (exact) mass is 226 g/mol. The Balaban J connectivity index is 2.40. The molecule has 0 heterocycles. The van der Waals surface area contributed by atoms with Gasteiger partial charge in [-0.05, 0) is 5.19 Å². The summed E-state index contributed by atoms with van der Waals surface area (Å²) < 4.78 is 14.7. The van der Waals surface area contributed by atoms with Crippen LogP contribution in [0.25, 0.3) is 0 Å². The quantitative estimate of drug-likeness (QED) is 0.504. The molecule has 0 atom stereocenters. The molecule has 0 N–H and O–H groups in total. The summed E-state index contributed by atoms with van der Waals surface area (Å²) >= 11 is 0. The van der Waals surface area contributed by atoms with Crippen LogP contribution in [0.3, 0.4) is 0 Å². The number of hydrogen-bond donors (Lipinski definition) is 0. The van der Waals surface area contributed by atoms with Gasteiger partial charge >= 0.3 is 5.97 Å². The Morgan fingerprint density at radius 2 is 1.80 bits per heavy atom. The molecule has 0 aromatic heterocycles. The number of methoxy groups -OCH3 is 2. The van der Waals surface area contributed by atoms with Crippen molar-refractivity contribution in [1.82, 2.24) is 0 Å². The highest BCUT2D eigenvalue weighted by molar-refractivity contribution is 6.48. The molecular weight excluding hydrogens is 212 g/mol. The third-order valence-electron chi connectivity index (χ3n) is 1.84. The summed E-state index contributed by atoms with van der Waals surface area (Å²) in [6.07, 6.45) is -0.916. The van der Waals surface area contributed by atoms with Crippen LogP contribution in [0.5, 0.6) is 0 Å². The van der Waals surface area contributed by atoms with Crippen LogP contribution in [0.15, 0.2) is 30.3 Å². The van der Waals surface area contributed by atoms with Gasteiger partial charge in [0.1, 0.15) is 0 Å². The van der Waals surface area contributed by atoms with Gasteiger partial charge in [-0.2, -0.15) is 0 Å². The molecule has 0 amide bonds. The first kappa shape index (κ1) is 11.9. The Labute approximate surface area is 91.1 Å². The lowest BCUT2D eigenvalue weighted by Crippen LogP contribution is -2.31. The molecule has 1 aromatic rings. The molecular formula is C10H14O4Si. The van der Waals surface area contributed by atoms with Crippen LogP contribution in [0.2, 0.25) is 0 Å². The molecule has 0 aliphatic carbocycles. The minimum Gasteiger partial charge on any atom is -0.517 e. The third-order valence-corrected chi connectivity index (χ3v) is 3.08. The lowest BCUT2D eigenvalue weighted by atomic mass is 10.4. The zero-order valence-electron chi connectivity index (χ0n) is 8.80. The fourth-order valence-corrected chi connectivity index (χ4v) is 2.00. The molecule has 5 heteroatoms. The summed E-state index contributed by atoms with van der Waals surface area (Å²) in [5.41, 5.74) is 0. The van der Waals surface area contributed by atoms with Crippen molar-refractivity contribution < 1.29 is 18.7 Å². The first-order valence-electron chi connectivity index (χ1n) is 4.54. The normalized spacial score (nSPS) is 11.1. The second-order valence-electron chi connectivity index (χ2n) is 2.90. The molecule has 0 bridgehead atoms. The van der Waals surface area contributed by atoms with E-state index in [1.165, 1.54) is 14.2 Å². The van der Waals surface area contributed by atoms with Gasteiger partial charge in [0.25, 0.3) is 16.1 Å². The second kappa shape index (κ2) is 6.34. The minimum absolute atomic E-state index is 0.462. The van der Waals surface area contributed by atoms with Gasteiger partial charge in [-0.25, -0.2) is 4.79 Å². The maximum absolute atomic E-state index is 11.3. The van der Waals surface area contributed by atoms with Crippen molar-refractivity contribution in [3.63, 3.8) is 0 Å². The Morgan fingerprint density at radius 1 is 1.20 bits per heavy atom. The number of carbonyl (C=O) groups is 1. The van der Waals surface area contributed by atoms with E-state index in [1.807, 2.05) is 30.3 Å². The highest BCUT2D eigenvalue weighted by Crippen LogP contribution is 1.94. The Bertz CT molecular complexity index is 298. The molecule has 0 radical (unpaired) electrons. The van der Waals surface area contributed by atoms with Crippen LogP contribution in [-0.2, 0) is 18.7 Å². The van der Waals surface area contributed by atoms with E-state index < -0.39 is 22.0 Å². The van der Waals surface area contributed by atoms with Crippen LogP contribution >= 0.6 is 0 Å². The number of ether oxygens (including phenoxy) is 2. The molecule has 0 aliphatic rings. The van der Waals surface area contributed by atoms with Crippen molar-refractivity contribution in [3.05, 3.63) is 30.3 Å². The van der Waals surface area contributed by atoms with Gasteiger partial charge < -0.3 is 13.9 Å². The first-order valence-corrected chi connectivity index (χ1v) is 5.82. The van der Waals surface area contributed by atoms with Crippen molar-refractivity contribution in [3.8, 4) is 0 Å². The fourth-order valence-electron chi connectivity index (χ4n) is 1.09. The highest BCUT2D eigenvalue weighted by Gasteiger charge is 2.17. The van der Waals surface area contributed by atoms with E-state index in [9.17, 15) is 4.79 Å². The SMILES string of the molecule is COC(OC)C(=O)O[SiH2]c1ccccc1. The molecule has 15 heavy (non-hydrogen) atoms. The van der Waals surface area contributed by atoms with E-state index in [0.29, 0.717) is 0 Å². The molecule has 0 saturated carbocycles.